The predicted octanol–water partition coefficient (Wildman–Crippen LogP) is 2.36. The van der Waals surface area contributed by atoms with E-state index in [2.05, 4.69) is 22.4 Å². The van der Waals surface area contributed by atoms with Gasteiger partial charge in [0.2, 0.25) is 0 Å². The Morgan fingerprint density at radius 2 is 2.20 bits per heavy atom. The zero-order valence-corrected chi connectivity index (χ0v) is 9.63. The molecule has 0 aliphatic heterocycles. The summed E-state index contributed by atoms with van der Waals surface area (Å²) in [6.07, 6.45) is 2.03. The molecule has 0 saturated carbocycles. The summed E-state index contributed by atoms with van der Waals surface area (Å²) >= 11 is 5.61. The molecule has 4 nitrogen and oxygen atoms in total. The Balaban J connectivity index is 2.07. The van der Waals surface area contributed by atoms with Crippen LogP contribution < -0.4 is 5.32 Å². The van der Waals surface area contributed by atoms with Gasteiger partial charge in [0, 0.05) is 19.8 Å². The molecular weight excluding hydrogens is 214 g/mol. The number of nitrogens with zero attached hydrogens (tertiary/aromatic N) is 2. The van der Waals surface area contributed by atoms with E-state index in [0.717, 1.165) is 38.4 Å². The molecule has 0 aliphatic carbocycles. The van der Waals surface area contributed by atoms with Crippen molar-refractivity contribution in [2.45, 2.75) is 19.8 Å². The molecule has 0 aliphatic rings. The largest absolute Gasteiger partial charge is 0.381 e. The minimum atomic E-state index is 0.409. The minimum Gasteiger partial charge on any atom is -0.381 e. The van der Waals surface area contributed by atoms with E-state index in [9.17, 15) is 0 Å². The van der Waals surface area contributed by atoms with Gasteiger partial charge in [-0.05, 0) is 25.0 Å². The maximum absolute atomic E-state index is 5.61. The summed E-state index contributed by atoms with van der Waals surface area (Å²) in [6, 6.07) is 3.52. The highest BCUT2D eigenvalue weighted by Crippen LogP contribution is 2.05. The molecule has 0 bridgehead atoms. The van der Waals surface area contributed by atoms with Crippen LogP contribution in [0, 0.1) is 0 Å². The SMILES string of the molecule is CCCOCCCNc1ccc(Cl)nn1. The third-order valence-electron chi connectivity index (χ3n) is 1.75. The van der Waals surface area contributed by atoms with Gasteiger partial charge in [-0.15, -0.1) is 10.2 Å². The summed E-state index contributed by atoms with van der Waals surface area (Å²) in [5.74, 6) is 0.745. The van der Waals surface area contributed by atoms with Gasteiger partial charge >= 0.3 is 0 Å². The molecule has 0 aromatic carbocycles. The zero-order valence-electron chi connectivity index (χ0n) is 8.87. The summed E-state index contributed by atoms with van der Waals surface area (Å²) in [7, 11) is 0. The number of rotatable bonds is 7. The van der Waals surface area contributed by atoms with Crippen molar-refractivity contribution in [3.63, 3.8) is 0 Å². The van der Waals surface area contributed by atoms with Crippen LogP contribution in [0.15, 0.2) is 12.1 Å². The Kier molecular flexibility index (Phi) is 6.04. The molecule has 1 rings (SSSR count). The molecular formula is C10H16ClN3O. The number of hydrogen-bond donors (Lipinski definition) is 1. The number of anilines is 1. The first-order valence-corrected chi connectivity index (χ1v) is 5.51. The van der Waals surface area contributed by atoms with Crippen LogP contribution in [0.5, 0.6) is 0 Å². The Morgan fingerprint density at radius 3 is 2.87 bits per heavy atom. The number of halogens is 1. The fraction of sp³-hybridized carbons (Fsp3) is 0.600. The maximum atomic E-state index is 5.61. The van der Waals surface area contributed by atoms with E-state index in [0.29, 0.717) is 5.15 Å². The van der Waals surface area contributed by atoms with Crippen LogP contribution in [0.2, 0.25) is 5.15 Å². The molecule has 15 heavy (non-hydrogen) atoms. The molecule has 0 radical (unpaired) electrons. The van der Waals surface area contributed by atoms with E-state index >= 15 is 0 Å². The molecule has 84 valence electrons. The standard InChI is InChI=1S/C10H16ClN3O/c1-2-7-15-8-3-6-12-10-5-4-9(11)13-14-10/h4-5H,2-3,6-8H2,1H3,(H,12,14). The van der Waals surface area contributed by atoms with Crippen LogP contribution in [-0.4, -0.2) is 30.0 Å². The first-order chi connectivity index (χ1) is 7.33. The number of nitrogens with one attached hydrogen (secondary N) is 1. The first kappa shape index (κ1) is 12.2. The lowest BCUT2D eigenvalue weighted by molar-refractivity contribution is 0.134. The Labute approximate surface area is 95.0 Å². The smallest absolute Gasteiger partial charge is 0.151 e. The van der Waals surface area contributed by atoms with Crippen molar-refractivity contribution in [2.75, 3.05) is 25.1 Å². The minimum absolute atomic E-state index is 0.409. The predicted molar refractivity (Wildman–Crippen MR) is 61.3 cm³/mol. The van der Waals surface area contributed by atoms with Crippen molar-refractivity contribution in [3.05, 3.63) is 17.3 Å². The molecule has 1 N–H and O–H groups in total. The fourth-order valence-corrected chi connectivity index (χ4v) is 1.15. The van der Waals surface area contributed by atoms with Gasteiger partial charge in [0.05, 0.1) is 0 Å². The molecule has 0 unspecified atom stereocenters. The normalized spacial score (nSPS) is 10.3. The molecule has 0 amide bonds. The average Bonchev–Trinajstić information content (AvgIpc) is 2.26. The molecule has 1 aromatic heterocycles. The van der Waals surface area contributed by atoms with Gasteiger partial charge in [0.1, 0.15) is 5.82 Å². The van der Waals surface area contributed by atoms with E-state index in [4.69, 9.17) is 16.3 Å². The summed E-state index contributed by atoms with van der Waals surface area (Å²) in [5.41, 5.74) is 0. The third kappa shape index (κ3) is 5.54. The molecule has 0 saturated heterocycles. The van der Waals surface area contributed by atoms with E-state index in [1.54, 1.807) is 6.07 Å². The highest BCUT2D eigenvalue weighted by Gasteiger charge is 1.94. The maximum Gasteiger partial charge on any atom is 0.151 e. The third-order valence-corrected chi connectivity index (χ3v) is 1.95. The lowest BCUT2D eigenvalue weighted by Crippen LogP contribution is -2.07. The highest BCUT2D eigenvalue weighted by atomic mass is 35.5. The van der Waals surface area contributed by atoms with Crippen molar-refractivity contribution in [1.82, 2.24) is 10.2 Å². The second kappa shape index (κ2) is 7.43. The van der Waals surface area contributed by atoms with Gasteiger partial charge < -0.3 is 10.1 Å². The molecule has 1 heterocycles. The summed E-state index contributed by atoms with van der Waals surface area (Å²) in [5, 5.41) is 11.2. The Hall–Kier alpha value is -0.870. The summed E-state index contributed by atoms with van der Waals surface area (Å²) < 4.78 is 5.34. The highest BCUT2D eigenvalue weighted by molar-refractivity contribution is 6.29. The number of hydrogen-bond acceptors (Lipinski definition) is 4. The topological polar surface area (TPSA) is 47.0 Å². The van der Waals surface area contributed by atoms with Gasteiger partial charge in [0.25, 0.3) is 0 Å². The average molecular weight is 230 g/mol. The van der Waals surface area contributed by atoms with E-state index in [1.165, 1.54) is 0 Å². The second-order valence-electron chi connectivity index (χ2n) is 3.13. The first-order valence-electron chi connectivity index (χ1n) is 5.13. The fourth-order valence-electron chi connectivity index (χ4n) is 1.05. The summed E-state index contributed by atoms with van der Waals surface area (Å²) in [4.78, 5) is 0. The van der Waals surface area contributed by atoms with Crippen molar-refractivity contribution in [1.29, 1.82) is 0 Å². The van der Waals surface area contributed by atoms with Crippen LogP contribution >= 0.6 is 11.6 Å². The number of aromatic nitrogens is 2. The van der Waals surface area contributed by atoms with Crippen LogP contribution in [0.4, 0.5) is 5.82 Å². The van der Waals surface area contributed by atoms with Crippen molar-refractivity contribution in [2.24, 2.45) is 0 Å². The van der Waals surface area contributed by atoms with Gasteiger partial charge in [-0.2, -0.15) is 0 Å². The van der Waals surface area contributed by atoms with E-state index < -0.39 is 0 Å². The quantitative estimate of drug-likeness (QED) is 0.730. The van der Waals surface area contributed by atoms with Crippen LogP contribution in [0.25, 0.3) is 0 Å². The molecule has 0 fully saturated rings. The van der Waals surface area contributed by atoms with Gasteiger partial charge in [-0.3, -0.25) is 0 Å². The van der Waals surface area contributed by atoms with E-state index in [-0.39, 0.29) is 0 Å². The van der Waals surface area contributed by atoms with Gasteiger partial charge in [-0.25, -0.2) is 0 Å². The monoisotopic (exact) mass is 229 g/mol. The zero-order chi connectivity index (χ0) is 10.9. The van der Waals surface area contributed by atoms with Crippen LogP contribution in [0.3, 0.4) is 0 Å². The molecule has 5 heteroatoms. The Bertz CT molecular complexity index is 266. The van der Waals surface area contributed by atoms with Crippen LogP contribution in [-0.2, 0) is 4.74 Å². The molecule has 1 aromatic rings. The van der Waals surface area contributed by atoms with E-state index in [1.807, 2.05) is 6.07 Å². The summed E-state index contributed by atoms with van der Waals surface area (Å²) in [6.45, 7) is 4.55. The Morgan fingerprint density at radius 1 is 1.33 bits per heavy atom. The van der Waals surface area contributed by atoms with Crippen molar-refractivity contribution >= 4 is 17.4 Å². The van der Waals surface area contributed by atoms with Crippen molar-refractivity contribution in [3.8, 4) is 0 Å². The lowest BCUT2D eigenvalue weighted by atomic mass is 10.4. The molecule has 0 atom stereocenters. The van der Waals surface area contributed by atoms with Gasteiger partial charge in [-0.1, -0.05) is 18.5 Å². The lowest BCUT2D eigenvalue weighted by Gasteiger charge is -2.04. The van der Waals surface area contributed by atoms with Crippen LogP contribution in [0.1, 0.15) is 19.8 Å². The number of ether oxygens (including phenoxy) is 1. The second-order valence-corrected chi connectivity index (χ2v) is 3.52. The molecule has 0 spiro atoms. The van der Waals surface area contributed by atoms with Crippen molar-refractivity contribution < 1.29 is 4.74 Å². The van der Waals surface area contributed by atoms with Gasteiger partial charge in [0.15, 0.2) is 5.15 Å².